The highest BCUT2D eigenvalue weighted by atomic mass is 32.2. The second-order valence-corrected chi connectivity index (χ2v) is 9.70. The molecule has 0 unspecified atom stereocenters. The zero-order valence-corrected chi connectivity index (χ0v) is 19.8. The van der Waals surface area contributed by atoms with Gasteiger partial charge in [0.15, 0.2) is 11.5 Å². The van der Waals surface area contributed by atoms with E-state index in [9.17, 15) is 8.42 Å². The molecule has 1 atom stereocenters. The minimum absolute atomic E-state index is 0.100. The fraction of sp³-hybridized carbons (Fsp3) is 0.200. The van der Waals surface area contributed by atoms with Crippen molar-refractivity contribution in [2.24, 2.45) is 0 Å². The molecule has 35 heavy (non-hydrogen) atoms. The fourth-order valence-electron chi connectivity index (χ4n) is 3.58. The Balaban J connectivity index is 1.24. The standard InChI is InChI=1S/C25H24N4O5S/c1-17(24-27-28-25(34-24)18-6-3-2-4-7-18)26-19-8-10-20(11-9-19)29-35(30,31)21-12-13-22-23(16-21)33-15-5-14-32-22/h2-4,6-13,16-17,26,29H,5,14-15H2,1H3/t17-/m0/s1. The first-order valence-corrected chi connectivity index (χ1v) is 12.6. The summed E-state index contributed by atoms with van der Waals surface area (Å²) in [5.41, 5.74) is 2.05. The van der Waals surface area contributed by atoms with Crippen LogP contribution in [0.4, 0.5) is 11.4 Å². The van der Waals surface area contributed by atoms with Crippen molar-refractivity contribution in [1.29, 1.82) is 0 Å². The third-order valence-electron chi connectivity index (χ3n) is 5.38. The highest BCUT2D eigenvalue weighted by molar-refractivity contribution is 7.92. The van der Waals surface area contributed by atoms with Crippen molar-refractivity contribution in [3.05, 3.63) is 78.7 Å². The summed E-state index contributed by atoms with van der Waals surface area (Å²) in [6.45, 7) is 2.92. The molecule has 0 aliphatic carbocycles. The zero-order valence-electron chi connectivity index (χ0n) is 19.0. The number of ether oxygens (including phenoxy) is 2. The second-order valence-electron chi connectivity index (χ2n) is 8.02. The molecule has 1 aliphatic heterocycles. The van der Waals surface area contributed by atoms with E-state index in [0.717, 1.165) is 17.7 Å². The minimum Gasteiger partial charge on any atom is -0.490 e. The quantitative estimate of drug-likeness (QED) is 0.375. The first-order chi connectivity index (χ1) is 17.0. The normalized spacial score (nSPS) is 14.1. The van der Waals surface area contributed by atoms with Gasteiger partial charge in [-0.3, -0.25) is 4.72 Å². The monoisotopic (exact) mass is 492 g/mol. The number of aromatic nitrogens is 2. The summed E-state index contributed by atoms with van der Waals surface area (Å²) in [5, 5.41) is 11.5. The van der Waals surface area contributed by atoms with Gasteiger partial charge in [0.2, 0.25) is 11.8 Å². The lowest BCUT2D eigenvalue weighted by Crippen LogP contribution is -2.13. The van der Waals surface area contributed by atoms with Crippen molar-refractivity contribution in [2.75, 3.05) is 23.3 Å². The molecule has 0 saturated carbocycles. The molecule has 5 rings (SSSR count). The number of fused-ring (bicyclic) bond motifs is 1. The Kier molecular flexibility index (Phi) is 6.28. The van der Waals surface area contributed by atoms with Crippen LogP contribution >= 0.6 is 0 Å². The third kappa shape index (κ3) is 5.22. The molecule has 0 spiro atoms. The summed E-state index contributed by atoms with van der Waals surface area (Å²) in [4.78, 5) is 0.100. The average Bonchev–Trinajstić information content (AvgIpc) is 3.25. The molecule has 0 amide bonds. The number of hydrogen-bond donors (Lipinski definition) is 2. The van der Waals surface area contributed by atoms with E-state index in [1.54, 1.807) is 30.3 Å². The van der Waals surface area contributed by atoms with Crippen molar-refractivity contribution < 1.29 is 22.3 Å². The Bertz CT molecular complexity index is 1410. The van der Waals surface area contributed by atoms with Crippen LogP contribution in [0.1, 0.15) is 25.3 Å². The number of hydrogen-bond acceptors (Lipinski definition) is 8. The van der Waals surface area contributed by atoms with E-state index in [2.05, 4.69) is 20.2 Å². The maximum atomic E-state index is 12.9. The van der Waals surface area contributed by atoms with Gasteiger partial charge in [0.05, 0.1) is 18.1 Å². The van der Waals surface area contributed by atoms with Crippen molar-refractivity contribution in [3.8, 4) is 23.0 Å². The van der Waals surface area contributed by atoms with Crippen LogP contribution < -0.4 is 19.5 Å². The molecule has 0 bridgehead atoms. The maximum absolute atomic E-state index is 12.9. The molecule has 1 aromatic heterocycles. The summed E-state index contributed by atoms with van der Waals surface area (Å²) in [6.07, 6.45) is 0.745. The topological polar surface area (TPSA) is 116 Å². The van der Waals surface area contributed by atoms with Crippen molar-refractivity contribution in [1.82, 2.24) is 10.2 Å². The molecule has 2 heterocycles. The SMILES string of the molecule is C[C@H](Nc1ccc(NS(=O)(=O)c2ccc3c(c2)OCCCO3)cc1)c1nnc(-c2ccccc2)o1. The van der Waals surface area contributed by atoms with Gasteiger partial charge in [-0.2, -0.15) is 0 Å². The minimum atomic E-state index is -3.80. The lowest BCUT2D eigenvalue weighted by molar-refractivity contribution is 0.297. The Labute approximate surface area is 203 Å². The number of nitrogens with one attached hydrogen (secondary N) is 2. The van der Waals surface area contributed by atoms with Crippen LogP contribution in [0.5, 0.6) is 11.5 Å². The Morgan fingerprint density at radius 1 is 0.857 bits per heavy atom. The van der Waals surface area contributed by atoms with Gasteiger partial charge in [-0.25, -0.2) is 8.42 Å². The lowest BCUT2D eigenvalue weighted by Gasteiger charge is -2.13. The first kappa shape index (κ1) is 22.7. The molecule has 10 heteroatoms. The fourth-order valence-corrected chi connectivity index (χ4v) is 4.65. The number of nitrogens with zero attached hydrogens (tertiary/aromatic N) is 2. The van der Waals surface area contributed by atoms with Gasteiger partial charge < -0.3 is 19.2 Å². The molecule has 3 aromatic carbocycles. The van der Waals surface area contributed by atoms with Crippen LogP contribution in [0.3, 0.4) is 0 Å². The van der Waals surface area contributed by atoms with Crippen LogP contribution in [0.25, 0.3) is 11.5 Å². The van der Waals surface area contributed by atoms with E-state index in [4.69, 9.17) is 13.9 Å². The predicted octanol–water partition coefficient (Wildman–Crippen LogP) is 4.87. The van der Waals surface area contributed by atoms with Crippen LogP contribution in [0.2, 0.25) is 0 Å². The van der Waals surface area contributed by atoms with E-state index in [1.165, 1.54) is 12.1 Å². The van der Waals surface area contributed by atoms with Crippen molar-refractivity contribution in [3.63, 3.8) is 0 Å². The molecule has 180 valence electrons. The van der Waals surface area contributed by atoms with Gasteiger partial charge in [0, 0.05) is 29.4 Å². The maximum Gasteiger partial charge on any atom is 0.262 e. The summed E-state index contributed by atoms with van der Waals surface area (Å²) in [7, 11) is -3.80. The summed E-state index contributed by atoms with van der Waals surface area (Å²) < 4.78 is 45.4. The number of sulfonamides is 1. The molecule has 0 fully saturated rings. The van der Waals surface area contributed by atoms with Gasteiger partial charge >= 0.3 is 0 Å². The van der Waals surface area contributed by atoms with Gasteiger partial charge in [0.1, 0.15) is 6.04 Å². The van der Waals surface area contributed by atoms with E-state index < -0.39 is 10.0 Å². The number of anilines is 2. The highest BCUT2D eigenvalue weighted by Gasteiger charge is 2.19. The van der Waals surface area contributed by atoms with E-state index in [-0.39, 0.29) is 10.9 Å². The molecule has 0 saturated heterocycles. The van der Waals surface area contributed by atoms with Gasteiger partial charge in [-0.15, -0.1) is 10.2 Å². The molecule has 1 aliphatic rings. The Hall–Kier alpha value is -4.05. The summed E-state index contributed by atoms with van der Waals surface area (Å²) in [6, 6.07) is 20.8. The second kappa shape index (κ2) is 9.67. The van der Waals surface area contributed by atoms with Crippen LogP contribution in [0.15, 0.2) is 82.1 Å². The Morgan fingerprint density at radius 2 is 1.57 bits per heavy atom. The van der Waals surface area contributed by atoms with E-state index in [0.29, 0.717) is 42.2 Å². The molecular weight excluding hydrogens is 468 g/mol. The van der Waals surface area contributed by atoms with Gasteiger partial charge in [0.25, 0.3) is 10.0 Å². The summed E-state index contributed by atoms with van der Waals surface area (Å²) in [5.74, 6) is 1.87. The third-order valence-corrected chi connectivity index (χ3v) is 6.76. The van der Waals surface area contributed by atoms with Gasteiger partial charge in [-0.1, -0.05) is 18.2 Å². The van der Waals surface area contributed by atoms with Crippen LogP contribution in [0, 0.1) is 0 Å². The average molecular weight is 493 g/mol. The van der Waals surface area contributed by atoms with Crippen LogP contribution in [-0.2, 0) is 10.0 Å². The van der Waals surface area contributed by atoms with E-state index in [1.807, 2.05) is 37.3 Å². The van der Waals surface area contributed by atoms with Crippen LogP contribution in [-0.4, -0.2) is 31.8 Å². The lowest BCUT2D eigenvalue weighted by atomic mass is 10.2. The number of benzene rings is 3. The molecule has 2 N–H and O–H groups in total. The molecule has 9 nitrogen and oxygen atoms in total. The predicted molar refractivity (Wildman–Crippen MR) is 131 cm³/mol. The number of rotatable bonds is 7. The van der Waals surface area contributed by atoms with E-state index >= 15 is 0 Å². The van der Waals surface area contributed by atoms with Crippen molar-refractivity contribution in [2.45, 2.75) is 24.3 Å². The summed E-state index contributed by atoms with van der Waals surface area (Å²) >= 11 is 0. The first-order valence-electron chi connectivity index (χ1n) is 11.2. The molecular formula is C25H24N4O5S. The molecule has 4 aromatic rings. The van der Waals surface area contributed by atoms with Gasteiger partial charge in [-0.05, 0) is 55.5 Å². The molecule has 0 radical (unpaired) electrons. The highest BCUT2D eigenvalue weighted by Crippen LogP contribution is 2.32. The largest absolute Gasteiger partial charge is 0.490 e. The zero-order chi connectivity index (χ0) is 24.3. The van der Waals surface area contributed by atoms with Crippen molar-refractivity contribution >= 4 is 21.4 Å². The Morgan fingerprint density at radius 3 is 2.34 bits per heavy atom. The smallest absolute Gasteiger partial charge is 0.262 e.